The molecule has 1 aliphatic heterocycles. The zero-order chi connectivity index (χ0) is 22.1. The van der Waals surface area contributed by atoms with Crippen molar-refractivity contribution in [3.63, 3.8) is 0 Å². The minimum Gasteiger partial charge on any atom is -0.379 e. The number of nitrogens with zero attached hydrogens (tertiary/aromatic N) is 2. The quantitative estimate of drug-likeness (QED) is 0.562. The summed E-state index contributed by atoms with van der Waals surface area (Å²) in [5, 5.41) is 18.4. The number of halogens is 1. The van der Waals surface area contributed by atoms with E-state index >= 15 is 0 Å². The van der Waals surface area contributed by atoms with Gasteiger partial charge in [0, 0.05) is 24.2 Å². The number of anilines is 1. The standard InChI is InChI=1S/C21H29FN4O3S/c1-6-26-17(21(28)10-29-11-21)9-18(24-26)30-25-20(27)23-19-15(12(2)3)7-14(22)8-16(19)13(4)5/h7-9,12-13,28H,6,10-11H2,1-5H3,(H2,23,25,27). The molecular weight excluding hydrogens is 407 g/mol. The summed E-state index contributed by atoms with van der Waals surface area (Å²) in [5.74, 6) is -0.206. The molecule has 2 heterocycles. The molecule has 3 rings (SSSR count). The number of carbonyl (C=O) groups is 1. The molecular formula is C21H29FN4O3S. The Morgan fingerprint density at radius 2 is 1.87 bits per heavy atom. The molecule has 1 aromatic carbocycles. The normalized spacial score (nSPS) is 15.4. The molecule has 1 fully saturated rings. The number of aromatic nitrogens is 2. The zero-order valence-corrected chi connectivity index (χ0v) is 18.8. The average molecular weight is 437 g/mol. The van der Waals surface area contributed by atoms with Crippen LogP contribution in [-0.2, 0) is 16.9 Å². The molecule has 2 amide bonds. The summed E-state index contributed by atoms with van der Waals surface area (Å²) < 4.78 is 23.6. The van der Waals surface area contributed by atoms with Crippen LogP contribution >= 0.6 is 11.9 Å². The molecule has 0 radical (unpaired) electrons. The van der Waals surface area contributed by atoms with Crippen LogP contribution in [0, 0.1) is 5.82 Å². The Kier molecular flexibility index (Phi) is 6.74. The molecule has 0 aliphatic carbocycles. The van der Waals surface area contributed by atoms with Gasteiger partial charge in [-0.25, -0.2) is 9.18 Å². The van der Waals surface area contributed by atoms with Gasteiger partial charge in [-0.15, -0.1) is 0 Å². The van der Waals surface area contributed by atoms with Gasteiger partial charge in [-0.1, -0.05) is 27.7 Å². The predicted molar refractivity (Wildman–Crippen MR) is 115 cm³/mol. The van der Waals surface area contributed by atoms with E-state index in [1.54, 1.807) is 10.7 Å². The smallest absolute Gasteiger partial charge is 0.329 e. The predicted octanol–water partition coefficient (Wildman–Crippen LogP) is 4.34. The zero-order valence-electron chi connectivity index (χ0n) is 18.0. The number of nitrogens with one attached hydrogen (secondary N) is 2. The molecule has 0 unspecified atom stereocenters. The molecule has 164 valence electrons. The first-order valence-corrected chi connectivity index (χ1v) is 10.9. The van der Waals surface area contributed by atoms with Crippen LogP contribution in [0.4, 0.5) is 14.9 Å². The fourth-order valence-corrected chi connectivity index (χ4v) is 4.00. The molecule has 0 spiro atoms. The van der Waals surface area contributed by atoms with E-state index in [4.69, 9.17) is 4.74 Å². The maximum atomic E-state index is 14.1. The monoisotopic (exact) mass is 436 g/mol. The van der Waals surface area contributed by atoms with Crippen LogP contribution in [0.5, 0.6) is 0 Å². The Morgan fingerprint density at radius 3 is 2.33 bits per heavy atom. The molecule has 0 bridgehead atoms. The van der Waals surface area contributed by atoms with Crippen molar-refractivity contribution in [2.24, 2.45) is 0 Å². The van der Waals surface area contributed by atoms with Crippen molar-refractivity contribution in [2.45, 2.75) is 63.6 Å². The second-order valence-corrected chi connectivity index (χ2v) is 8.96. The van der Waals surface area contributed by atoms with Gasteiger partial charge in [0.1, 0.15) is 10.8 Å². The molecule has 1 saturated heterocycles. The Balaban J connectivity index is 1.74. The van der Waals surface area contributed by atoms with Gasteiger partial charge in [-0.3, -0.25) is 9.40 Å². The Bertz CT molecular complexity index is 896. The lowest BCUT2D eigenvalue weighted by Gasteiger charge is -2.36. The number of ether oxygens (including phenoxy) is 1. The molecule has 1 aliphatic rings. The van der Waals surface area contributed by atoms with E-state index in [1.807, 2.05) is 34.6 Å². The van der Waals surface area contributed by atoms with Gasteiger partial charge in [0.25, 0.3) is 0 Å². The number of aryl methyl sites for hydroxylation is 1. The minimum atomic E-state index is -1.03. The largest absolute Gasteiger partial charge is 0.379 e. The first-order chi connectivity index (χ1) is 14.1. The summed E-state index contributed by atoms with van der Waals surface area (Å²) in [4.78, 5) is 12.6. The van der Waals surface area contributed by atoms with E-state index in [2.05, 4.69) is 15.1 Å². The summed E-state index contributed by atoms with van der Waals surface area (Å²) in [6, 6.07) is 4.27. The van der Waals surface area contributed by atoms with Gasteiger partial charge in [-0.2, -0.15) is 5.10 Å². The SMILES string of the molecule is CCn1nc(SNC(=O)Nc2c(C(C)C)cc(F)cc2C(C)C)cc1C1(O)COC1. The second-order valence-electron chi connectivity index (χ2n) is 8.13. The van der Waals surface area contributed by atoms with E-state index in [9.17, 15) is 14.3 Å². The van der Waals surface area contributed by atoms with Gasteiger partial charge in [0.2, 0.25) is 0 Å². The van der Waals surface area contributed by atoms with E-state index in [1.165, 1.54) is 12.1 Å². The number of urea groups is 1. The number of aliphatic hydroxyl groups is 1. The van der Waals surface area contributed by atoms with E-state index in [0.717, 1.165) is 23.1 Å². The molecule has 0 atom stereocenters. The molecule has 7 nitrogen and oxygen atoms in total. The summed E-state index contributed by atoms with van der Waals surface area (Å²) in [5.41, 5.74) is 1.78. The second kappa shape index (κ2) is 8.95. The van der Waals surface area contributed by atoms with Crippen molar-refractivity contribution in [1.82, 2.24) is 14.5 Å². The highest BCUT2D eigenvalue weighted by Gasteiger charge is 2.41. The van der Waals surface area contributed by atoms with Crippen molar-refractivity contribution in [1.29, 1.82) is 0 Å². The molecule has 3 N–H and O–H groups in total. The van der Waals surface area contributed by atoms with Crippen LogP contribution in [0.3, 0.4) is 0 Å². The molecule has 2 aromatic rings. The third-order valence-electron chi connectivity index (χ3n) is 5.11. The van der Waals surface area contributed by atoms with Crippen molar-refractivity contribution in [3.8, 4) is 0 Å². The third-order valence-corrected chi connectivity index (χ3v) is 5.81. The third kappa shape index (κ3) is 4.63. The fraction of sp³-hybridized carbons (Fsp3) is 0.524. The molecule has 1 aromatic heterocycles. The highest BCUT2D eigenvalue weighted by molar-refractivity contribution is 7.97. The fourth-order valence-electron chi connectivity index (χ4n) is 3.44. The highest BCUT2D eigenvalue weighted by Crippen LogP contribution is 2.34. The number of benzene rings is 1. The maximum Gasteiger partial charge on any atom is 0.329 e. The van der Waals surface area contributed by atoms with E-state index < -0.39 is 11.6 Å². The number of rotatable bonds is 7. The highest BCUT2D eigenvalue weighted by atomic mass is 32.2. The lowest BCUT2D eigenvalue weighted by Crippen LogP contribution is -2.48. The van der Waals surface area contributed by atoms with Crippen molar-refractivity contribution in [3.05, 3.63) is 40.8 Å². The maximum absolute atomic E-state index is 14.1. The van der Waals surface area contributed by atoms with Crippen LogP contribution in [-0.4, -0.2) is 34.1 Å². The molecule has 0 saturated carbocycles. The van der Waals surface area contributed by atoms with Crippen molar-refractivity contribution in [2.75, 3.05) is 18.5 Å². The number of carbonyl (C=O) groups excluding carboxylic acids is 1. The van der Waals surface area contributed by atoms with Crippen LogP contribution in [0.2, 0.25) is 0 Å². The Morgan fingerprint density at radius 1 is 1.27 bits per heavy atom. The van der Waals surface area contributed by atoms with Gasteiger partial charge in [0.05, 0.1) is 18.9 Å². The minimum absolute atomic E-state index is 0.0504. The van der Waals surface area contributed by atoms with Gasteiger partial charge < -0.3 is 15.2 Å². The first-order valence-electron chi connectivity index (χ1n) is 10.1. The lowest BCUT2D eigenvalue weighted by atomic mass is 9.92. The van der Waals surface area contributed by atoms with Crippen LogP contribution in [0.25, 0.3) is 0 Å². The first kappa shape index (κ1) is 22.6. The summed E-state index contributed by atoms with van der Waals surface area (Å²) in [6.45, 7) is 10.8. The van der Waals surface area contributed by atoms with Gasteiger partial charge >= 0.3 is 6.03 Å². The van der Waals surface area contributed by atoms with Crippen LogP contribution in [0.15, 0.2) is 23.2 Å². The number of amides is 2. The summed E-state index contributed by atoms with van der Waals surface area (Å²) in [6.07, 6.45) is 0. The average Bonchev–Trinajstić information content (AvgIpc) is 3.08. The summed E-state index contributed by atoms with van der Waals surface area (Å²) in [7, 11) is 0. The number of hydrogen-bond acceptors (Lipinski definition) is 5. The number of hydrogen-bond donors (Lipinski definition) is 3. The van der Waals surface area contributed by atoms with Crippen molar-refractivity contribution < 1.29 is 19.0 Å². The molecule has 9 heteroatoms. The lowest BCUT2D eigenvalue weighted by molar-refractivity contribution is -0.188. The Labute approximate surface area is 180 Å². The Hall–Kier alpha value is -2.10. The molecule has 30 heavy (non-hydrogen) atoms. The van der Waals surface area contributed by atoms with Crippen LogP contribution < -0.4 is 10.0 Å². The van der Waals surface area contributed by atoms with E-state index in [-0.39, 0.29) is 30.9 Å². The summed E-state index contributed by atoms with van der Waals surface area (Å²) >= 11 is 1.06. The van der Waals surface area contributed by atoms with Crippen molar-refractivity contribution >= 4 is 23.7 Å². The van der Waals surface area contributed by atoms with Gasteiger partial charge in [0.15, 0.2) is 5.60 Å². The van der Waals surface area contributed by atoms with Gasteiger partial charge in [-0.05, 0) is 48.1 Å². The topological polar surface area (TPSA) is 88.4 Å². The van der Waals surface area contributed by atoms with E-state index in [0.29, 0.717) is 23.0 Å². The van der Waals surface area contributed by atoms with Crippen LogP contribution in [0.1, 0.15) is 63.3 Å².